The van der Waals surface area contributed by atoms with Gasteiger partial charge in [0.2, 0.25) is 0 Å². The SMILES string of the molecule is CC(C)(C)N([O])c1cc(-c2cc(F)cc(F)c2)cc(N([O])C(C)(C)C)c1. The van der Waals surface area contributed by atoms with Crippen LogP contribution in [0.3, 0.4) is 0 Å². The Kier molecular flexibility index (Phi) is 5.31. The van der Waals surface area contributed by atoms with Gasteiger partial charge < -0.3 is 0 Å². The third-order valence-corrected chi connectivity index (χ3v) is 3.79. The maximum absolute atomic E-state index is 13.6. The lowest BCUT2D eigenvalue weighted by Crippen LogP contribution is -2.39. The minimum absolute atomic E-state index is 0.250. The first-order valence-corrected chi connectivity index (χ1v) is 8.35. The zero-order valence-electron chi connectivity index (χ0n) is 15.9. The molecular weight excluding hydrogens is 338 g/mol. The van der Waals surface area contributed by atoms with Gasteiger partial charge in [0.15, 0.2) is 0 Å². The van der Waals surface area contributed by atoms with Gasteiger partial charge >= 0.3 is 0 Å². The van der Waals surface area contributed by atoms with Gasteiger partial charge in [-0.25, -0.2) is 18.9 Å². The van der Waals surface area contributed by atoms with E-state index in [1.807, 2.05) is 0 Å². The fourth-order valence-corrected chi connectivity index (χ4v) is 2.49. The number of hydrogen-bond acceptors (Lipinski definition) is 2. The Morgan fingerprint density at radius 1 is 0.615 bits per heavy atom. The standard InChI is InChI=1S/C20H24F2N2O2/c1-19(2,3)23(25)17-9-14(13-7-15(21)11-16(22)8-13)10-18(12-17)24(26)20(4,5)6/h7-12H,1-6H3. The van der Waals surface area contributed by atoms with Crippen molar-refractivity contribution in [3.8, 4) is 11.1 Å². The van der Waals surface area contributed by atoms with Gasteiger partial charge in [-0.2, -0.15) is 0 Å². The van der Waals surface area contributed by atoms with E-state index in [2.05, 4.69) is 0 Å². The topological polar surface area (TPSA) is 46.3 Å². The van der Waals surface area contributed by atoms with Gasteiger partial charge in [-0.1, -0.05) is 10.4 Å². The average molecular weight is 362 g/mol. The van der Waals surface area contributed by atoms with Crippen LogP contribution < -0.4 is 10.1 Å². The monoisotopic (exact) mass is 362 g/mol. The zero-order valence-corrected chi connectivity index (χ0v) is 15.9. The molecule has 0 saturated heterocycles. The van der Waals surface area contributed by atoms with Crippen molar-refractivity contribution < 1.29 is 19.2 Å². The van der Waals surface area contributed by atoms with Crippen LogP contribution in [0.1, 0.15) is 41.5 Å². The van der Waals surface area contributed by atoms with E-state index in [1.165, 1.54) is 30.3 Å². The summed E-state index contributed by atoms with van der Waals surface area (Å²) in [6, 6.07) is 7.68. The van der Waals surface area contributed by atoms with E-state index in [4.69, 9.17) is 0 Å². The molecule has 4 nitrogen and oxygen atoms in total. The highest BCUT2D eigenvalue weighted by atomic mass is 19.1. The molecule has 0 unspecified atom stereocenters. The second-order valence-electron chi connectivity index (χ2n) is 8.33. The van der Waals surface area contributed by atoms with Crippen LogP contribution in [0.2, 0.25) is 0 Å². The Balaban J connectivity index is 2.67. The van der Waals surface area contributed by atoms with Gasteiger partial charge in [0.25, 0.3) is 0 Å². The summed E-state index contributed by atoms with van der Waals surface area (Å²) < 4.78 is 27.3. The first-order chi connectivity index (χ1) is 11.8. The van der Waals surface area contributed by atoms with Crippen LogP contribution >= 0.6 is 0 Å². The summed E-state index contributed by atoms with van der Waals surface area (Å²) in [5, 5.41) is 26.9. The number of halogens is 2. The number of hydroxylamine groups is 2. The summed E-state index contributed by atoms with van der Waals surface area (Å²) in [6.07, 6.45) is 0. The fourth-order valence-electron chi connectivity index (χ4n) is 2.49. The van der Waals surface area contributed by atoms with E-state index >= 15 is 0 Å². The van der Waals surface area contributed by atoms with Crippen molar-refractivity contribution in [1.82, 2.24) is 0 Å². The second-order valence-corrected chi connectivity index (χ2v) is 8.33. The summed E-state index contributed by atoms with van der Waals surface area (Å²) in [4.78, 5) is 0. The molecule has 0 heterocycles. The fraction of sp³-hybridized carbons (Fsp3) is 0.400. The molecule has 0 aliphatic rings. The summed E-state index contributed by atoms with van der Waals surface area (Å²) >= 11 is 0. The molecule has 140 valence electrons. The first kappa shape index (κ1) is 20.1. The van der Waals surface area contributed by atoms with Crippen molar-refractivity contribution in [2.75, 3.05) is 10.1 Å². The highest BCUT2D eigenvalue weighted by Gasteiger charge is 2.26. The molecular formula is C20H24F2N2O2. The van der Waals surface area contributed by atoms with Crippen molar-refractivity contribution in [3.05, 3.63) is 48.0 Å². The molecule has 26 heavy (non-hydrogen) atoms. The van der Waals surface area contributed by atoms with Crippen LogP contribution in [-0.4, -0.2) is 11.1 Å². The van der Waals surface area contributed by atoms with Crippen molar-refractivity contribution in [2.24, 2.45) is 0 Å². The molecule has 0 bridgehead atoms. The summed E-state index contributed by atoms with van der Waals surface area (Å²) in [5.41, 5.74) is -0.322. The molecule has 2 aromatic carbocycles. The van der Waals surface area contributed by atoms with Crippen molar-refractivity contribution >= 4 is 11.4 Å². The van der Waals surface area contributed by atoms with E-state index < -0.39 is 22.7 Å². The van der Waals surface area contributed by atoms with E-state index in [-0.39, 0.29) is 16.9 Å². The number of nitrogens with zero attached hydrogens (tertiary/aromatic N) is 2. The highest BCUT2D eigenvalue weighted by Crippen LogP contribution is 2.35. The lowest BCUT2D eigenvalue weighted by molar-refractivity contribution is 0.0985. The molecule has 2 rings (SSSR count). The van der Waals surface area contributed by atoms with Gasteiger partial charge in [-0.3, -0.25) is 0 Å². The Hall–Kier alpha value is -2.18. The minimum Gasteiger partial charge on any atom is -0.215 e. The van der Waals surface area contributed by atoms with Crippen LogP contribution in [-0.2, 0) is 10.4 Å². The molecule has 0 amide bonds. The highest BCUT2D eigenvalue weighted by molar-refractivity contribution is 5.74. The molecule has 0 spiro atoms. The van der Waals surface area contributed by atoms with Crippen LogP contribution in [0.15, 0.2) is 36.4 Å². The van der Waals surface area contributed by atoms with Crippen molar-refractivity contribution in [2.45, 2.75) is 52.6 Å². The first-order valence-electron chi connectivity index (χ1n) is 8.35. The van der Waals surface area contributed by atoms with Crippen molar-refractivity contribution in [3.63, 3.8) is 0 Å². The number of anilines is 2. The van der Waals surface area contributed by atoms with Gasteiger partial charge in [0, 0.05) is 6.07 Å². The van der Waals surface area contributed by atoms with Gasteiger partial charge in [-0.05, 0) is 83.0 Å². The lowest BCUT2D eigenvalue weighted by Gasteiger charge is -2.32. The molecule has 0 fully saturated rings. The quantitative estimate of drug-likeness (QED) is 0.674. The summed E-state index contributed by atoms with van der Waals surface area (Å²) in [7, 11) is 0. The van der Waals surface area contributed by atoms with Gasteiger partial charge in [0.1, 0.15) is 11.6 Å². The lowest BCUT2D eigenvalue weighted by atomic mass is 10.0. The maximum atomic E-state index is 13.6. The predicted octanol–water partition coefficient (Wildman–Crippen LogP) is 5.53. The smallest absolute Gasteiger partial charge is 0.126 e. The molecule has 0 aliphatic heterocycles. The molecule has 2 radical (unpaired) electrons. The Morgan fingerprint density at radius 3 is 1.31 bits per heavy atom. The number of rotatable bonds is 3. The van der Waals surface area contributed by atoms with E-state index in [1.54, 1.807) is 41.5 Å². The molecule has 0 aliphatic carbocycles. The largest absolute Gasteiger partial charge is 0.215 e. The third-order valence-electron chi connectivity index (χ3n) is 3.79. The van der Waals surface area contributed by atoms with Gasteiger partial charge in [-0.15, -0.1) is 0 Å². The van der Waals surface area contributed by atoms with Crippen LogP contribution in [0, 0.1) is 11.6 Å². The maximum Gasteiger partial charge on any atom is 0.126 e. The number of benzene rings is 2. The number of hydrogen-bond donors (Lipinski definition) is 0. The van der Waals surface area contributed by atoms with Gasteiger partial charge in [0.05, 0.1) is 22.5 Å². The molecule has 6 heteroatoms. The molecule has 0 aromatic heterocycles. The predicted molar refractivity (Wildman–Crippen MR) is 97.6 cm³/mol. The normalized spacial score (nSPS) is 12.2. The van der Waals surface area contributed by atoms with Crippen LogP contribution in [0.5, 0.6) is 0 Å². The summed E-state index contributed by atoms with van der Waals surface area (Å²) in [6.45, 7) is 10.5. The van der Waals surface area contributed by atoms with E-state index in [0.717, 1.165) is 16.2 Å². The average Bonchev–Trinajstić information content (AvgIpc) is 2.50. The minimum atomic E-state index is -0.738. The van der Waals surface area contributed by atoms with Crippen LogP contribution in [0.4, 0.5) is 20.2 Å². The third kappa shape index (κ3) is 4.51. The molecule has 0 N–H and O–H groups in total. The molecule has 0 saturated carbocycles. The van der Waals surface area contributed by atoms with E-state index in [0.29, 0.717) is 5.56 Å². The Bertz CT molecular complexity index is 737. The molecule has 2 aromatic rings. The Labute approximate surface area is 153 Å². The Morgan fingerprint density at radius 2 is 0.962 bits per heavy atom. The van der Waals surface area contributed by atoms with Crippen molar-refractivity contribution in [1.29, 1.82) is 0 Å². The van der Waals surface area contributed by atoms with Crippen LogP contribution in [0.25, 0.3) is 11.1 Å². The second kappa shape index (κ2) is 6.85. The zero-order chi connectivity index (χ0) is 19.9. The molecule has 0 atom stereocenters. The van der Waals surface area contributed by atoms with E-state index in [9.17, 15) is 19.2 Å². The summed E-state index contributed by atoms with van der Waals surface area (Å²) in [5.74, 6) is -1.45.